The van der Waals surface area contributed by atoms with Crippen LogP contribution in [0.1, 0.15) is 21.5 Å². The Morgan fingerprint density at radius 1 is 0.478 bits per heavy atom. The van der Waals surface area contributed by atoms with Gasteiger partial charge in [0.25, 0.3) is 0 Å². The van der Waals surface area contributed by atoms with Crippen molar-refractivity contribution < 1.29 is 162 Å². The van der Waals surface area contributed by atoms with Crippen molar-refractivity contribution in [3.8, 4) is 23.0 Å². The van der Waals surface area contributed by atoms with Gasteiger partial charge < -0.3 is 148 Å². The Balaban J connectivity index is 1.24. The molecule has 3 aromatic rings. The van der Waals surface area contributed by atoms with Crippen LogP contribution in [0.15, 0.2) is 78.9 Å². The third-order valence-corrected chi connectivity index (χ3v) is 15.3. The highest BCUT2D eigenvalue weighted by Gasteiger charge is 2.64. The van der Waals surface area contributed by atoms with Crippen molar-refractivity contribution in [2.24, 2.45) is 0 Å². The molecule has 33 heteroatoms. The Bertz CT molecular complexity index is 2890. The van der Waals surface area contributed by atoms with Crippen molar-refractivity contribution in [1.82, 2.24) is 0 Å². The molecule has 33 nitrogen and oxygen atoms in total. The summed E-state index contributed by atoms with van der Waals surface area (Å²) in [6, 6.07) is 15.0. The van der Waals surface area contributed by atoms with E-state index in [2.05, 4.69) is 0 Å². The van der Waals surface area contributed by atoms with E-state index in [9.17, 15) is 96.1 Å². The normalized spacial score (nSPS) is 37.2. The lowest BCUT2D eigenvalue weighted by molar-refractivity contribution is -0.423. The van der Waals surface area contributed by atoms with Gasteiger partial charge in [-0.3, -0.25) is 0 Å². The molecule has 0 amide bonds. The minimum Gasteiger partial charge on any atom is -0.504 e. The second kappa shape index (κ2) is 31.0. The molecule has 0 bridgehead atoms. The Morgan fingerprint density at radius 2 is 0.933 bits per heavy atom. The fourth-order valence-corrected chi connectivity index (χ4v) is 10.4. The van der Waals surface area contributed by atoms with Crippen LogP contribution in [-0.2, 0) is 66.4 Å². The van der Waals surface area contributed by atoms with E-state index >= 15 is 0 Å². The van der Waals surface area contributed by atoms with Gasteiger partial charge in [0.05, 0.1) is 52.8 Å². The monoisotopic (exact) mass is 1280 g/mol. The molecule has 16 N–H and O–H groups in total. The molecule has 0 aromatic heterocycles. The predicted molar refractivity (Wildman–Crippen MR) is 291 cm³/mol. The molecular weight excluding hydrogens is 1210 g/mol. The Hall–Kier alpha value is -6.17. The number of methoxy groups -OCH3 is 2. The van der Waals surface area contributed by atoms with Crippen molar-refractivity contribution in [1.29, 1.82) is 0 Å². The first-order chi connectivity index (χ1) is 43.0. The van der Waals surface area contributed by atoms with Crippen molar-refractivity contribution in [2.75, 3.05) is 53.9 Å². The average Bonchev–Trinajstić information content (AvgIpc) is 1.48. The van der Waals surface area contributed by atoms with E-state index in [4.69, 9.17) is 66.3 Å². The summed E-state index contributed by atoms with van der Waals surface area (Å²) in [5.74, 6) is -7.19. The molecule has 498 valence electrons. The fraction of sp³-hybridized carbons (Fsp3) is 0.561. The molecule has 5 aliphatic heterocycles. The summed E-state index contributed by atoms with van der Waals surface area (Å²) < 4.78 is 82.2. The van der Waals surface area contributed by atoms with Gasteiger partial charge in [-0.2, -0.15) is 0 Å². The number of benzene rings is 3. The van der Waals surface area contributed by atoms with Crippen LogP contribution in [0, 0.1) is 0 Å². The minimum absolute atomic E-state index is 0.0170. The second-order valence-electron chi connectivity index (χ2n) is 21.1. The summed E-state index contributed by atoms with van der Waals surface area (Å²) in [7, 11) is 2.53. The van der Waals surface area contributed by atoms with Crippen LogP contribution < -0.4 is 9.47 Å². The number of ether oxygens (including phenoxy) is 14. The lowest BCUT2D eigenvalue weighted by Crippen LogP contribution is -2.69. The van der Waals surface area contributed by atoms with Gasteiger partial charge in [-0.25, -0.2) is 14.4 Å². The largest absolute Gasteiger partial charge is 0.504 e. The SMILES string of the molecule is COc1cc(C=CC(=O)OC[C@@]2(O[C@H]3O[C@H](CO)[C@H](OC(=O)C=Cc4ccc(O)c(OC)c4)[C@H](O[C@H]4O[C@@H](CO)[C@@H](O[C@@H]5O[C@H](CO)[C@@H](O)[C@H](O)[C@H]5O)[C@@H](O)[C@H]4O)[C@@H]3O[C@@H]3O[C@@H](CO)[C@H](O)[C@H](O)[C@@H]3O)O[C@@H](CO)[C@H](O)[C@H]2OC(=O)c2ccccc2)ccc1O. The zero-order chi connectivity index (χ0) is 65.3. The van der Waals surface area contributed by atoms with Gasteiger partial charge in [0, 0.05) is 12.2 Å². The average molecular weight is 1290 g/mol. The maximum atomic E-state index is 14.1. The van der Waals surface area contributed by atoms with Crippen LogP contribution in [0.5, 0.6) is 23.0 Å². The van der Waals surface area contributed by atoms with Crippen molar-refractivity contribution in [3.63, 3.8) is 0 Å². The standard InChI is InChI=1S/C57H72O33/c1-77-29-16-24(8-12-27(29)63)10-14-36(65)79-23-57(51(40(69)33(20-60)89-57)88-52(76)26-6-4-3-5-7-26)90-56-50(87-54-45(74)42(71)39(68)32(19-59)81-54)49(48(35(22-62)83-56)84-37(66)15-11-25-9-13-28(64)30(17-25)78-2)86-55-46(75)43(72)47(34(21-61)82-55)85-53-44(73)41(70)38(67)31(18-58)80-53/h3-17,31-35,38-51,53-56,58-64,67-75H,18-23H2,1-2H3/t31-,32+,33+,34+,35-,38-,39+,40+,41+,42+,43+,44-,45+,46-,47-,48+,49+,50+,51-,53+,54+,55-,56-,57+/m1/s1. The first kappa shape index (κ1) is 69.7. The van der Waals surface area contributed by atoms with Gasteiger partial charge in [-0.05, 0) is 59.7 Å². The number of esters is 3. The van der Waals surface area contributed by atoms with Gasteiger partial charge in [0.2, 0.25) is 5.79 Å². The number of aliphatic hydroxyl groups is 14. The Kier molecular flexibility index (Phi) is 24.0. The molecule has 8 rings (SSSR count). The van der Waals surface area contributed by atoms with Gasteiger partial charge in [0.1, 0.15) is 110 Å². The number of hydrogen-bond acceptors (Lipinski definition) is 33. The molecule has 5 fully saturated rings. The van der Waals surface area contributed by atoms with Gasteiger partial charge in [-0.15, -0.1) is 0 Å². The third-order valence-electron chi connectivity index (χ3n) is 15.3. The first-order valence-electron chi connectivity index (χ1n) is 27.9. The molecule has 90 heavy (non-hydrogen) atoms. The zero-order valence-corrected chi connectivity index (χ0v) is 47.8. The number of phenolic OH excluding ortho intramolecular Hbond substituents is 2. The summed E-state index contributed by atoms with van der Waals surface area (Å²) in [6.07, 6.45) is -44.5. The van der Waals surface area contributed by atoms with E-state index in [0.717, 1.165) is 12.2 Å². The van der Waals surface area contributed by atoms with Crippen LogP contribution in [0.4, 0.5) is 0 Å². The van der Waals surface area contributed by atoms with Gasteiger partial charge in [-0.1, -0.05) is 30.3 Å². The van der Waals surface area contributed by atoms with Crippen LogP contribution in [0.3, 0.4) is 0 Å². The maximum absolute atomic E-state index is 14.1. The topological polar surface area (TPSA) is 504 Å². The van der Waals surface area contributed by atoms with Crippen LogP contribution in [0.2, 0.25) is 0 Å². The number of aliphatic hydroxyl groups excluding tert-OH is 14. The molecule has 0 saturated carbocycles. The van der Waals surface area contributed by atoms with E-state index in [0.29, 0.717) is 0 Å². The molecule has 24 atom stereocenters. The van der Waals surface area contributed by atoms with E-state index in [1.165, 1.54) is 87.0 Å². The highest BCUT2D eigenvalue weighted by Crippen LogP contribution is 2.43. The van der Waals surface area contributed by atoms with E-state index in [1.54, 1.807) is 6.07 Å². The molecule has 5 saturated heterocycles. The molecule has 5 aliphatic rings. The summed E-state index contributed by atoms with van der Waals surface area (Å²) in [6.45, 7) is -6.71. The predicted octanol–water partition coefficient (Wildman–Crippen LogP) is -6.10. The Morgan fingerprint density at radius 3 is 1.44 bits per heavy atom. The number of hydrogen-bond donors (Lipinski definition) is 16. The maximum Gasteiger partial charge on any atom is 0.338 e. The highest BCUT2D eigenvalue weighted by atomic mass is 16.8. The van der Waals surface area contributed by atoms with E-state index < -0.39 is 204 Å². The number of aromatic hydroxyl groups is 2. The quantitative estimate of drug-likeness (QED) is 0.0225. The van der Waals surface area contributed by atoms with Crippen LogP contribution >= 0.6 is 0 Å². The zero-order valence-electron chi connectivity index (χ0n) is 47.8. The molecule has 0 radical (unpaired) electrons. The van der Waals surface area contributed by atoms with Crippen molar-refractivity contribution >= 4 is 30.1 Å². The molecule has 0 aliphatic carbocycles. The molecule has 0 unspecified atom stereocenters. The Labute approximate surface area is 510 Å². The minimum atomic E-state index is -2.97. The number of carbonyl (C=O) groups excluding carboxylic acids is 3. The summed E-state index contributed by atoms with van der Waals surface area (Å²) in [5, 5.41) is 174. The third kappa shape index (κ3) is 15.5. The molecule has 3 aromatic carbocycles. The van der Waals surface area contributed by atoms with Crippen LogP contribution in [0.25, 0.3) is 12.2 Å². The second-order valence-corrected chi connectivity index (χ2v) is 21.1. The van der Waals surface area contributed by atoms with Gasteiger partial charge >= 0.3 is 17.9 Å². The fourth-order valence-electron chi connectivity index (χ4n) is 10.4. The van der Waals surface area contributed by atoms with Gasteiger partial charge in [0.15, 0.2) is 60.4 Å². The molecule has 0 spiro atoms. The highest BCUT2D eigenvalue weighted by molar-refractivity contribution is 5.90. The van der Waals surface area contributed by atoms with Crippen LogP contribution in [-0.4, -0.2) is 300 Å². The summed E-state index contributed by atoms with van der Waals surface area (Å²) in [5.41, 5.74) is 0.381. The lowest BCUT2D eigenvalue weighted by Gasteiger charge is -2.51. The number of phenols is 2. The van der Waals surface area contributed by atoms with E-state index in [1.807, 2.05) is 0 Å². The first-order valence-corrected chi connectivity index (χ1v) is 27.9. The summed E-state index contributed by atoms with van der Waals surface area (Å²) in [4.78, 5) is 41.9. The summed E-state index contributed by atoms with van der Waals surface area (Å²) >= 11 is 0. The number of rotatable bonds is 24. The lowest BCUT2D eigenvalue weighted by atomic mass is 9.95. The van der Waals surface area contributed by atoms with Crippen molar-refractivity contribution in [3.05, 3.63) is 95.6 Å². The molecule has 5 heterocycles. The van der Waals surface area contributed by atoms with Crippen molar-refractivity contribution in [2.45, 2.75) is 147 Å². The van der Waals surface area contributed by atoms with E-state index in [-0.39, 0.29) is 39.7 Å². The number of carbonyl (C=O) groups is 3. The smallest absolute Gasteiger partial charge is 0.338 e. The molecular formula is C57H72O33.